The predicted molar refractivity (Wildman–Crippen MR) is 243 cm³/mol. The average molecular weight is 1280 g/mol. The first-order valence-corrected chi connectivity index (χ1v) is 28.4. The van der Waals surface area contributed by atoms with Crippen LogP contribution in [0.5, 0.6) is 0 Å². The van der Waals surface area contributed by atoms with Crippen molar-refractivity contribution in [2.24, 2.45) is 0 Å². The van der Waals surface area contributed by atoms with Crippen molar-refractivity contribution in [3.8, 4) is 0 Å². The normalized spacial score (nSPS) is 41.1. The van der Waals surface area contributed by atoms with E-state index >= 15 is 0 Å². The Morgan fingerprint density at radius 1 is 0.383 bits per heavy atom. The largest absolute Gasteiger partial charge is 0.479 e. The van der Waals surface area contributed by atoms with Gasteiger partial charge in [0.25, 0.3) is 0 Å². The molecule has 25 atom stereocenters. The SMILES string of the molecule is COC1[C@@H](OC)[C@@H](O[C@H]2[C@H](OC)[C@@H](OC)[C@H](O[C@H]3[C@H](OS(=O)(=O)O)[C@@H](OS(=O)(=O)O)[C@H](O[C@H]4[C@H](OC)[C@@H](OC)[C@H](O[C@H]5[C@H](O)[C@@H](O)[C@@H](O)O[C@@H]5CO)O[C@H]4C(=O)O)O[C@@H]3COS(=O)(=O)O)O[C@@H]2C(=O)O)O[C@H](COS(=O)(=O)O)[C@H]1OC. The van der Waals surface area contributed by atoms with Gasteiger partial charge in [0, 0.05) is 49.8 Å². The molecule has 1 unspecified atom stereocenters. The highest BCUT2D eigenvalue weighted by atomic mass is 32.3. The summed E-state index contributed by atoms with van der Waals surface area (Å²) in [7, 11) is -15.7. The van der Waals surface area contributed by atoms with Crippen molar-refractivity contribution < 1.29 is 185 Å². The van der Waals surface area contributed by atoms with Crippen molar-refractivity contribution in [3.63, 3.8) is 0 Å². The van der Waals surface area contributed by atoms with Gasteiger partial charge >= 0.3 is 53.5 Å². The van der Waals surface area contributed by atoms with Crippen molar-refractivity contribution in [1.29, 1.82) is 0 Å². The lowest BCUT2D eigenvalue weighted by Gasteiger charge is -2.51. The van der Waals surface area contributed by atoms with Gasteiger partial charge < -0.3 is 106 Å². The second-order valence-corrected chi connectivity index (χ2v) is 21.8. The van der Waals surface area contributed by atoms with Gasteiger partial charge in [0.2, 0.25) is 0 Å². The molecule has 0 radical (unpaired) electrons. The summed E-state index contributed by atoms with van der Waals surface area (Å²) in [5.41, 5.74) is 0. The van der Waals surface area contributed by atoms with Gasteiger partial charge in [-0.3, -0.25) is 18.2 Å². The number of hydrogen-bond donors (Lipinski definition) is 10. The van der Waals surface area contributed by atoms with E-state index < -0.39 is 227 Å². The number of aliphatic hydroxyl groups excluding tert-OH is 4. The van der Waals surface area contributed by atoms with Crippen LogP contribution >= 0.6 is 0 Å². The number of methoxy groups -OCH3 is 7. The topological polar surface area (TPSA) is 558 Å². The van der Waals surface area contributed by atoms with E-state index in [1.807, 2.05) is 0 Å². The van der Waals surface area contributed by atoms with E-state index in [9.17, 15) is 92.1 Å². The molecule has 81 heavy (non-hydrogen) atoms. The van der Waals surface area contributed by atoms with Gasteiger partial charge in [-0.2, -0.15) is 33.7 Å². The van der Waals surface area contributed by atoms with Gasteiger partial charge in [-0.05, 0) is 0 Å². The molecule has 10 N–H and O–H groups in total. The number of rotatable bonds is 28. The second kappa shape index (κ2) is 28.9. The van der Waals surface area contributed by atoms with Crippen LogP contribution in [0.4, 0.5) is 0 Å². The highest BCUT2D eigenvalue weighted by Crippen LogP contribution is 2.40. The zero-order valence-electron chi connectivity index (χ0n) is 42.9. The molecule has 0 bridgehead atoms. The quantitative estimate of drug-likeness (QED) is 0.0325. The molecule has 5 heterocycles. The molecular formula is C37H62O40S4. The van der Waals surface area contributed by atoms with Crippen LogP contribution in [0.1, 0.15) is 0 Å². The van der Waals surface area contributed by atoms with E-state index in [2.05, 4.69) is 8.37 Å². The van der Waals surface area contributed by atoms with Crippen LogP contribution in [0.2, 0.25) is 0 Å². The van der Waals surface area contributed by atoms with Gasteiger partial charge in [-0.1, -0.05) is 0 Å². The Hall–Kier alpha value is -2.38. The Kier molecular flexibility index (Phi) is 24.7. The Balaban J connectivity index is 1.58. The predicted octanol–water partition coefficient (Wildman–Crippen LogP) is -7.85. The number of carboxylic acid groups (broad SMARTS) is 2. The van der Waals surface area contributed by atoms with Crippen LogP contribution in [0.25, 0.3) is 0 Å². The fourth-order valence-electron chi connectivity index (χ4n) is 9.43. The van der Waals surface area contributed by atoms with Gasteiger partial charge in [0.15, 0.2) is 49.8 Å². The molecule has 0 saturated carbocycles. The van der Waals surface area contributed by atoms with Crippen LogP contribution < -0.4 is 0 Å². The summed E-state index contributed by atoms with van der Waals surface area (Å²) in [5, 5.41) is 62.1. The Morgan fingerprint density at radius 2 is 0.716 bits per heavy atom. The molecule has 5 saturated heterocycles. The number of aliphatic carboxylic acids is 2. The van der Waals surface area contributed by atoms with Crippen LogP contribution in [-0.2, 0) is 144 Å². The number of carbonyl (C=O) groups is 2. The maximum Gasteiger partial charge on any atom is 0.397 e. The Bertz CT molecular complexity index is 2510. The molecule has 5 aliphatic rings. The smallest absolute Gasteiger partial charge is 0.397 e. The van der Waals surface area contributed by atoms with Gasteiger partial charge in [0.1, 0.15) is 104 Å². The summed E-state index contributed by atoms with van der Waals surface area (Å²) in [6.07, 6.45) is -52.1. The van der Waals surface area contributed by atoms with Crippen LogP contribution in [0.15, 0.2) is 0 Å². The third-order valence-electron chi connectivity index (χ3n) is 12.8. The highest BCUT2D eigenvalue weighted by Gasteiger charge is 2.61. The summed E-state index contributed by atoms with van der Waals surface area (Å²) in [6.45, 7) is -3.59. The fraction of sp³-hybridized carbons (Fsp3) is 0.946. The number of ether oxygens (including phenoxy) is 16. The molecule has 40 nitrogen and oxygen atoms in total. The highest BCUT2D eigenvalue weighted by molar-refractivity contribution is 7.81. The van der Waals surface area contributed by atoms with Crippen LogP contribution in [0.3, 0.4) is 0 Å². The second-order valence-electron chi connectivity index (χ2n) is 17.5. The van der Waals surface area contributed by atoms with E-state index in [1.165, 1.54) is 0 Å². The Labute approximate surface area is 460 Å². The van der Waals surface area contributed by atoms with E-state index in [0.29, 0.717) is 0 Å². The first kappa shape index (κ1) is 69.4. The zero-order chi connectivity index (χ0) is 60.9. The lowest BCUT2D eigenvalue weighted by Crippen LogP contribution is -2.69. The molecular weight excluding hydrogens is 1210 g/mol. The van der Waals surface area contributed by atoms with Gasteiger partial charge in [0.05, 0.1) is 19.8 Å². The third-order valence-corrected chi connectivity index (χ3v) is 14.6. The standard InChI is InChI=1S/C37H62O40S4/c1-58-17-12(9-65-78(46,47)48)68-34(27(62-5)19(17)59-2)72-22-20(60-3)29(64-7)36(75-25(22)31(41)42)71-18-13(10-66-79(49,50)51)69-37(30(77-81(55,56)57)24(18)76-80(52,53)54)73-23-21(61-4)28(63-6)35(74-26(23)32(43)44)70-16-11(8-38)67-33(45)15(40)14(16)39/h11-30,33-40,45H,8-10H2,1-7H3,(H,41,42)(H,43,44)(H,46,47,48)(H,49,50,51)(H,52,53,54)(H,55,56,57)/t11-,12-,13-,14-,15-,16-,17-,18-,19?,20+,21+,22+,23+,24+,25+,26-,27-,28-,29-,30-,33+,34-,35-,36-,37+/m1/s1. The molecule has 0 amide bonds. The minimum Gasteiger partial charge on any atom is -0.479 e. The molecule has 5 fully saturated rings. The van der Waals surface area contributed by atoms with Crippen molar-refractivity contribution in [2.75, 3.05) is 69.6 Å². The van der Waals surface area contributed by atoms with Crippen molar-refractivity contribution >= 4 is 53.5 Å². The lowest BCUT2D eigenvalue weighted by molar-refractivity contribution is -0.388. The van der Waals surface area contributed by atoms with Gasteiger partial charge in [-0.15, -0.1) is 0 Å². The number of carboxylic acids is 2. The molecule has 44 heteroatoms. The van der Waals surface area contributed by atoms with E-state index in [0.717, 1.165) is 49.8 Å². The summed E-state index contributed by atoms with van der Waals surface area (Å²) >= 11 is 0. The molecule has 5 aliphatic heterocycles. The molecule has 0 spiro atoms. The molecule has 0 aliphatic carbocycles. The monoisotopic (exact) mass is 1270 g/mol. The first-order valence-electron chi connectivity index (χ1n) is 22.9. The minimum atomic E-state index is -6.05. The third kappa shape index (κ3) is 17.4. The number of aliphatic hydroxyl groups is 4. The zero-order valence-corrected chi connectivity index (χ0v) is 46.2. The van der Waals surface area contributed by atoms with Crippen molar-refractivity contribution in [3.05, 3.63) is 0 Å². The molecule has 5 rings (SSSR count). The summed E-state index contributed by atoms with van der Waals surface area (Å²) in [5.74, 6) is -3.96. The molecule has 0 aromatic heterocycles. The van der Waals surface area contributed by atoms with Crippen molar-refractivity contribution in [2.45, 2.75) is 154 Å². The average Bonchev–Trinajstić information content (AvgIpc) is 3.37. The minimum absolute atomic E-state index is 0.891. The first-order chi connectivity index (χ1) is 37.7. The fourth-order valence-corrected chi connectivity index (χ4v) is 11.0. The van der Waals surface area contributed by atoms with Crippen molar-refractivity contribution in [1.82, 2.24) is 0 Å². The summed E-state index contributed by atoms with van der Waals surface area (Å²) in [6, 6.07) is 0. The molecule has 474 valence electrons. The maximum absolute atomic E-state index is 13.2. The Morgan fingerprint density at radius 3 is 1.07 bits per heavy atom. The maximum atomic E-state index is 13.2. The summed E-state index contributed by atoms with van der Waals surface area (Å²) in [4.78, 5) is 26.2. The lowest BCUT2D eigenvalue weighted by atomic mass is 9.94. The van der Waals surface area contributed by atoms with E-state index in [4.69, 9.17) is 84.2 Å². The van der Waals surface area contributed by atoms with E-state index in [1.54, 1.807) is 0 Å². The molecule has 0 aromatic rings. The van der Waals surface area contributed by atoms with Crippen LogP contribution in [0, 0.1) is 0 Å². The molecule has 0 aromatic carbocycles. The van der Waals surface area contributed by atoms with E-state index in [-0.39, 0.29) is 0 Å². The van der Waals surface area contributed by atoms with Gasteiger partial charge in [-0.25, -0.2) is 26.3 Å². The number of hydrogen-bond acceptors (Lipinski definition) is 34. The van der Waals surface area contributed by atoms with Crippen LogP contribution in [-0.4, -0.2) is 318 Å². The summed E-state index contributed by atoms with van der Waals surface area (Å²) < 4.78 is 246.